The number of carbonyl (C=O) groups excluding carboxylic acids is 1. The summed E-state index contributed by atoms with van der Waals surface area (Å²) in [6.07, 6.45) is 0. The highest BCUT2D eigenvalue weighted by molar-refractivity contribution is 5.89. The lowest BCUT2D eigenvalue weighted by atomic mass is 10.2. The number of hydrogen-bond acceptors (Lipinski definition) is 2. The van der Waals surface area contributed by atoms with E-state index in [1.807, 2.05) is 13.0 Å². The van der Waals surface area contributed by atoms with Crippen LogP contribution in [0.3, 0.4) is 0 Å². The number of hydrogen-bond donors (Lipinski definition) is 2. The zero-order chi connectivity index (χ0) is 15.1. The zero-order valence-corrected chi connectivity index (χ0v) is 11.7. The van der Waals surface area contributed by atoms with Crippen LogP contribution in [0.1, 0.15) is 12.5 Å². The molecule has 110 valence electrons. The van der Waals surface area contributed by atoms with E-state index in [0.29, 0.717) is 24.6 Å². The maximum absolute atomic E-state index is 12.8. The summed E-state index contributed by atoms with van der Waals surface area (Å²) in [4.78, 5) is 11.8. The van der Waals surface area contributed by atoms with Crippen molar-refractivity contribution in [3.05, 3.63) is 59.9 Å². The standard InChI is InChI=1S/C16H17FN2O2/c1-2-21-15-5-3-4-14(10-15)19-16(20)18-11-12-6-8-13(17)9-7-12/h3-10H,2,11H2,1H3,(H2,18,19,20). The van der Waals surface area contributed by atoms with Gasteiger partial charge in [-0.25, -0.2) is 9.18 Å². The summed E-state index contributed by atoms with van der Waals surface area (Å²) in [6, 6.07) is 12.8. The van der Waals surface area contributed by atoms with Crippen molar-refractivity contribution in [3.8, 4) is 5.75 Å². The average Bonchev–Trinajstić information content (AvgIpc) is 2.47. The number of halogens is 1. The number of amides is 2. The van der Waals surface area contributed by atoms with Crippen LogP contribution >= 0.6 is 0 Å². The van der Waals surface area contributed by atoms with Crippen LogP contribution in [0.4, 0.5) is 14.9 Å². The lowest BCUT2D eigenvalue weighted by Crippen LogP contribution is -2.28. The molecular weight excluding hydrogens is 271 g/mol. The van der Waals surface area contributed by atoms with E-state index < -0.39 is 0 Å². The molecule has 0 aromatic heterocycles. The molecule has 0 aliphatic rings. The van der Waals surface area contributed by atoms with Crippen LogP contribution in [-0.4, -0.2) is 12.6 Å². The first-order chi connectivity index (χ1) is 10.2. The first-order valence-electron chi connectivity index (χ1n) is 6.69. The van der Waals surface area contributed by atoms with Crippen molar-refractivity contribution in [2.45, 2.75) is 13.5 Å². The van der Waals surface area contributed by atoms with E-state index in [0.717, 1.165) is 5.56 Å². The summed E-state index contributed by atoms with van der Waals surface area (Å²) < 4.78 is 18.1. The third-order valence-corrected chi connectivity index (χ3v) is 2.77. The zero-order valence-electron chi connectivity index (χ0n) is 11.7. The second kappa shape index (κ2) is 7.28. The van der Waals surface area contributed by atoms with Crippen molar-refractivity contribution in [2.75, 3.05) is 11.9 Å². The molecule has 0 saturated carbocycles. The van der Waals surface area contributed by atoms with Crippen LogP contribution in [0, 0.1) is 5.82 Å². The monoisotopic (exact) mass is 288 g/mol. The molecule has 0 radical (unpaired) electrons. The predicted octanol–water partition coefficient (Wildman–Crippen LogP) is 3.55. The van der Waals surface area contributed by atoms with Crippen LogP contribution in [0.15, 0.2) is 48.5 Å². The molecule has 2 aromatic carbocycles. The molecule has 2 rings (SSSR count). The summed E-state index contributed by atoms with van der Waals surface area (Å²) in [5, 5.41) is 5.42. The molecule has 0 aliphatic heterocycles. The van der Waals surface area contributed by atoms with E-state index in [9.17, 15) is 9.18 Å². The molecule has 0 bridgehead atoms. The van der Waals surface area contributed by atoms with Crippen molar-refractivity contribution in [1.29, 1.82) is 0 Å². The summed E-state index contributed by atoms with van der Waals surface area (Å²) in [5.41, 5.74) is 1.48. The fourth-order valence-electron chi connectivity index (χ4n) is 1.79. The van der Waals surface area contributed by atoms with Crippen LogP contribution in [0.25, 0.3) is 0 Å². The van der Waals surface area contributed by atoms with Gasteiger partial charge in [-0.05, 0) is 36.8 Å². The molecule has 21 heavy (non-hydrogen) atoms. The molecule has 0 unspecified atom stereocenters. The highest BCUT2D eigenvalue weighted by atomic mass is 19.1. The Labute approximate surface area is 122 Å². The smallest absolute Gasteiger partial charge is 0.319 e. The van der Waals surface area contributed by atoms with Gasteiger partial charge < -0.3 is 15.4 Å². The molecule has 0 fully saturated rings. The lowest BCUT2D eigenvalue weighted by molar-refractivity contribution is 0.251. The average molecular weight is 288 g/mol. The number of carbonyl (C=O) groups is 1. The van der Waals surface area contributed by atoms with E-state index in [1.165, 1.54) is 12.1 Å². The molecule has 2 amide bonds. The van der Waals surface area contributed by atoms with Gasteiger partial charge in [0.2, 0.25) is 0 Å². The molecular formula is C16H17FN2O2. The Kier molecular flexibility index (Phi) is 5.15. The van der Waals surface area contributed by atoms with Gasteiger partial charge in [0.15, 0.2) is 0 Å². The molecule has 4 nitrogen and oxygen atoms in total. The molecule has 0 atom stereocenters. The van der Waals surface area contributed by atoms with Gasteiger partial charge in [-0.2, -0.15) is 0 Å². The molecule has 0 heterocycles. The molecule has 0 spiro atoms. The van der Waals surface area contributed by atoms with E-state index in [4.69, 9.17) is 4.74 Å². The Hall–Kier alpha value is -2.56. The number of rotatable bonds is 5. The maximum Gasteiger partial charge on any atom is 0.319 e. The van der Waals surface area contributed by atoms with Crippen LogP contribution in [0.2, 0.25) is 0 Å². The van der Waals surface area contributed by atoms with Crippen LogP contribution < -0.4 is 15.4 Å². The van der Waals surface area contributed by atoms with Crippen molar-refractivity contribution >= 4 is 11.7 Å². The summed E-state index contributed by atoms with van der Waals surface area (Å²) >= 11 is 0. The fraction of sp³-hybridized carbons (Fsp3) is 0.188. The Morgan fingerprint density at radius 3 is 2.67 bits per heavy atom. The minimum atomic E-state index is -0.326. The van der Waals surface area contributed by atoms with Crippen molar-refractivity contribution in [3.63, 3.8) is 0 Å². The number of benzene rings is 2. The third kappa shape index (κ3) is 4.80. The largest absolute Gasteiger partial charge is 0.494 e. The molecule has 0 saturated heterocycles. The highest BCUT2D eigenvalue weighted by Crippen LogP contribution is 2.17. The van der Waals surface area contributed by atoms with Gasteiger partial charge in [0.25, 0.3) is 0 Å². The van der Waals surface area contributed by atoms with E-state index in [2.05, 4.69) is 10.6 Å². The Morgan fingerprint density at radius 1 is 1.19 bits per heavy atom. The number of ether oxygens (including phenoxy) is 1. The highest BCUT2D eigenvalue weighted by Gasteiger charge is 2.03. The topological polar surface area (TPSA) is 50.4 Å². The molecule has 2 aromatic rings. The first kappa shape index (κ1) is 14.8. The first-order valence-corrected chi connectivity index (χ1v) is 6.69. The second-order valence-corrected chi connectivity index (χ2v) is 4.39. The fourth-order valence-corrected chi connectivity index (χ4v) is 1.79. The van der Waals surface area contributed by atoms with Gasteiger partial charge in [0.1, 0.15) is 11.6 Å². The van der Waals surface area contributed by atoms with E-state index in [1.54, 1.807) is 30.3 Å². The van der Waals surface area contributed by atoms with Crippen molar-refractivity contribution in [1.82, 2.24) is 5.32 Å². The van der Waals surface area contributed by atoms with E-state index in [-0.39, 0.29) is 11.8 Å². The third-order valence-electron chi connectivity index (χ3n) is 2.77. The van der Waals surface area contributed by atoms with Crippen LogP contribution in [0.5, 0.6) is 5.75 Å². The quantitative estimate of drug-likeness (QED) is 0.884. The van der Waals surface area contributed by atoms with Gasteiger partial charge >= 0.3 is 6.03 Å². The second-order valence-electron chi connectivity index (χ2n) is 4.39. The predicted molar refractivity (Wildman–Crippen MR) is 79.9 cm³/mol. The number of urea groups is 1. The van der Waals surface area contributed by atoms with Gasteiger partial charge in [0.05, 0.1) is 6.61 Å². The molecule has 0 aliphatic carbocycles. The van der Waals surface area contributed by atoms with E-state index >= 15 is 0 Å². The van der Waals surface area contributed by atoms with Crippen molar-refractivity contribution < 1.29 is 13.9 Å². The Balaban J connectivity index is 1.86. The molecule has 5 heteroatoms. The minimum absolute atomic E-state index is 0.295. The van der Waals surface area contributed by atoms with Gasteiger partial charge in [-0.15, -0.1) is 0 Å². The Bertz CT molecular complexity index is 599. The van der Waals surface area contributed by atoms with Gasteiger partial charge in [-0.3, -0.25) is 0 Å². The SMILES string of the molecule is CCOc1cccc(NC(=O)NCc2ccc(F)cc2)c1. The lowest BCUT2D eigenvalue weighted by Gasteiger charge is -2.09. The summed E-state index contributed by atoms with van der Waals surface area (Å²) in [5.74, 6) is 0.407. The van der Waals surface area contributed by atoms with Crippen molar-refractivity contribution in [2.24, 2.45) is 0 Å². The maximum atomic E-state index is 12.8. The summed E-state index contributed by atoms with van der Waals surface area (Å²) in [7, 11) is 0. The summed E-state index contributed by atoms with van der Waals surface area (Å²) in [6.45, 7) is 2.80. The van der Waals surface area contributed by atoms with Gasteiger partial charge in [0, 0.05) is 18.3 Å². The van der Waals surface area contributed by atoms with Gasteiger partial charge in [-0.1, -0.05) is 18.2 Å². The normalized spacial score (nSPS) is 10.0. The number of anilines is 1. The number of nitrogens with one attached hydrogen (secondary N) is 2. The Morgan fingerprint density at radius 2 is 1.95 bits per heavy atom. The minimum Gasteiger partial charge on any atom is -0.494 e. The van der Waals surface area contributed by atoms with Crippen LogP contribution in [-0.2, 0) is 6.54 Å². The molecule has 2 N–H and O–H groups in total.